The SMILES string of the molecule is Clc1ccc(-c2ncc(-c3cccnc3)[nH]2)s1. The average molecular weight is 262 g/mol. The van der Waals surface area contributed by atoms with Gasteiger partial charge in [-0.3, -0.25) is 4.98 Å². The van der Waals surface area contributed by atoms with E-state index in [1.54, 1.807) is 18.6 Å². The molecule has 0 aromatic carbocycles. The maximum atomic E-state index is 5.90. The number of thiophene rings is 1. The van der Waals surface area contributed by atoms with Crippen molar-refractivity contribution in [1.82, 2.24) is 15.0 Å². The molecule has 0 fully saturated rings. The van der Waals surface area contributed by atoms with Crippen molar-refractivity contribution >= 4 is 22.9 Å². The molecule has 3 heterocycles. The topological polar surface area (TPSA) is 41.6 Å². The molecule has 3 aromatic rings. The number of aromatic amines is 1. The predicted molar refractivity (Wildman–Crippen MR) is 70.1 cm³/mol. The number of pyridine rings is 1. The van der Waals surface area contributed by atoms with Crippen LogP contribution < -0.4 is 0 Å². The highest BCUT2D eigenvalue weighted by Gasteiger charge is 2.07. The summed E-state index contributed by atoms with van der Waals surface area (Å²) in [6, 6.07) is 7.72. The number of nitrogens with zero attached hydrogens (tertiary/aromatic N) is 2. The zero-order valence-electron chi connectivity index (χ0n) is 8.72. The lowest BCUT2D eigenvalue weighted by Crippen LogP contribution is -1.79. The second kappa shape index (κ2) is 4.31. The summed E-state index contributed by atoms with van der Waals surface area (Å²) in [5, 5.41) is 0. The van der Waals surface area contributed by atoms with Crippen LogP contribution in [0.25, 0.3) is 22.0 Å². The average Bonchev–Trinajstić information content (AvgIpc) is 2.98. The van der Waals surface area contributed by atoms with Gasteiger partial charge >= 0.3 is 0 Å². The van der Waals surface area contributed by atoms with Gasteiger partial charge in [-0.2, -0.15) is 0 Å². The Labute approximate surface area is 107 Å². The number of halogens is 1. The minimum absolute atomic E-state index is 0.763. The zero-order valence-corrected chi connectivity index (χ0v) is 10.3. The Morgan fingerprint density at radius 3 is 2.82 bits per heavy atom. The molecule has 0 spiro atoms. The number of H-pyrrole nitrogens is 1. The lowest BCUT2D eigenvalue weighted by Gasteiger charge is -1.94. The first kappa shape index (κ1) is 10.5. The Balaban J connectivity index is 1.99. The van der Waals surface area contributed by atoms with Crippen molar-refractivity contribution < 1.29 is 0 Å². The van der Waals surface area contributed by atoms with Gasteiger partial charge in [0.05, 0.1) is 21.1 Å². The fourth-order valence-corrected chi connectivity index (χ4v) is 2.55. The molecule has 0 amide bonds. The summed E-state index contributed by atoms with van der Waals surface area (Å²) in [7, 11) is 0. The molecule has 3 rings (SSSR count). The second-order valence-corrected chi connectivity index (χ2v) is 5.21. The second-order valence-electron chi connectivity index (χ2n) is 3.49. The Morgan fingerprint density at radius 1 is 1.18 bits per heavy atom. The Kier molecular flexibility index (Phi) is 2.66. The first-order valence-electron chi connectivity index (χ1n) is 5.04. The van der Waals surface area contributed by atoms with E-state index in [1.165, 1.54) is 11.3 Å². The molecule has 3 aromatic heterocycles. The molecule has 0 saturated carbocycles. The summed E-state index contributed by atoms with van der Waals surface area (Å²) in [6.45, 7) is 0. The maximum Gasteiger partial charge on any atom is 0.147 e. The van der Waals surface area contributed by atoms with Crippen molar-refractivity contribution in [3.8, 4) is 22.0 Å². The standard InChI is InChI=1S/C12H8ClN3S/c13-11-4-3-10(17-11)12-15-7-9(16-12)8-2-1-5-14-6-8/h1-7H,(H,15,16). The molecule has 0 aliphatic heterocycles. The van der Waals surface area contributed by atoms with Crippen molar-refractivity contribution in [2.45, 2.75) is 0 Å². The summed E-state index contributed by atoms with van der Waals surface area (Å²) < 4.78 is 0.763. The van der Waals surface area contributed by atoms with Crippen molar-refractivity contribution in [1.29, 1.82) is 0 Å². The minimum Gasteiger partial charge on any atom is -0.337 e. The quantitative estimate of drug-likeness (QED) is 0.761. The van der Waals surface area contributed by atoms with Crippen LogP contribution in [0.4, 0.5) is 0 Å². The van der Waals surface area contributed by atoms with Gasteiger partial charge in [0.2, 0.25) is 0 Å². The van der Waals surface area contributed by atoms with Crippen molar-refractivity contribution in [3.63, 3.8) is 0 Å². The minimum atomic E-state index is 0.763. The van der Waals surface area contributed by atoms with Gasteiger partial charge in [0.1, 0.15) is 5.82 Å². The van der Waals surface area contributed by atoms with E-state index in [0.29, 0.717) is 0 Å². The summed E-state index contributed by atoms with van der Waals surface area (Å²) >= 11 is 7.41. The van der Waals surface area contributed by atoms with Crippen LogP contribution in [0.3, 0.4) is 0 Å². The van der Waals surface area contributed by atoms with Gasteiger partial charge in [-0.15, -0.1) is 11.3 Å². The van der Waals surface area contributed by atoms with E-state index in [4.69, 9.17) is 11.6 Å². The highest BCUT2D eigenvalue weighted by molar-refractivity contribution is 7.19. The van der Waals surface area contributed by atoms with Gasteiger partial charge in [0, 0.05) is 18.0 Å². The molecule has 1 N–H and O–H groups in total. The molecule has 0 radical (unpaired) electrons. The fraction of sp³-hybridized carbons (Fsp3) is 0. The van der Waals surface area contributed by atoms with Crippen LogP contribution in [-0.4, -0.2) is 15.0 Å². The molecule has 0 aliphatic rings. The van der Waals surface area contributed by atoms with E-state index in [1.807, 2.05) is 24.3 Å². The third-order valence-corrected chi connectivity index (χ3v) is 3.59. The van der Waals surface area contributed by atoms with Gasteiger partial charge in [-0.1, -0.05) is 11.6 Å². The summed E-state index contributed by atoms with van der Waals surface area (Å²) in [6.07, 6.45) is 5.36. The molecule has 0 bridgehead atoms. The molecule has 3 nitrogen and oxygen atoms in total. The molecular weight excluding hydrogens is 254 g/mol. The maximum absolute atomic E-state index is 5.90. The van der Waals surface area contributed by atoms with E-state index in [9.17, 15) is 0 Å². The van der Waals surface area contributed by atoms with Gasteiger partial charge < -0.3 is 4.98 Å². The first-order chi connectivity index (χ1) is 8.33. The monoisotopic (exact) mass is 261 g/mol. The normalized spacial score (nSPS) is 10.6. The predicted octanol–water partition coefficient (Wildman–Crippen LogP) is 3.85. The van der Waals surface area contributed by atoms with E-state index < -0.39 is 0 Å². The van der Waals surface area contributed by atoms with Gasteiger partial charge in [0.25, 0.3) is 0 Å². The third kappa shape index (κ3) is 2.09. The number of hydrogen-bond donors (Lipinski definition) is 1. The smallest absolute Gasteiger partial charge is 0.147 e. The number of imidazole rings is 1. The number of hydrogen-bond acceptors (Lipinski definition) is 3. The summed E-state index contributed by atoms with van der Waals surface area (Å²) in [5.41, 5.74) is 1.98. The van der Waals surface area contributed by atoms with E-state index >= 15 is 0 Å². The third-order valence-electron chi connectivity index (χ3n) is 2.35. The lowest BCUT2D eigenvalue weighted by atomic mass is 10.2. The zero-order chi connectivity index (χ0) is 11.7. The molecule has 0 unspecified atom stereocenters. The van der Waals surface area contributed by atoms with Crippen molar-refractivity contribution in [3.05, 3.63) is 47.2 Å². The van der Waals surface area contributed by atoms with Gasteiger partial charge in [-0.25, -0.2) is 4.98 Å². The summed E-state index contributed by atoms with van der Waals surface area (Å²) in [5.74, 6) is 0.834. The number of nitrogens with one attached hydrogen (secondary N) is 1. The highest BCUT2D eigenvalue weighted by atomic mass is 35.5. The molecule has 5 heteroatoms. The van der Waals surface area contributed by atoms with Crippen LogP contribution in [0.5, 0.6) is 0 Å². The highest BCUT2D eigenvalue weighted by Crippen LogP contribution is 2.30. The Bertz CT molecular complexity index is 630. The first-order valence-corrected chi connectivity index (χ1v) is 6.23. The largest absolute Gasteiger partial charge is 0.337 e. The van der Waals surface area contributed by atoms with Crippen LogP contribution in [0, 0.1) is 0 Å². The summed E-state index contributed by atoms with van der Waals surface area (Å²) in [4.78, 5) is 12.7. The number of aromatic nitrogens is 3. The van der Waals surface area contributed by atoms with Crippen molar-refractivity contribution in [2.24, 2.45) is 0 Å². The molecule has 0 aliphatic carbocycles. The molecule has 0 saturated heterocycles. The van der Waals surface area contributed by atoms with E-state index in [-0.39, 0.29) is 0 Å². The fourth-order valence-electron chi connectivity index (χ4n) is 1.56. The van der Waals surface area contributed by atoms with Crippen LogP contribution in [0.1, 0.15) is 0 Å². The van der Waals surface area contributed by atoms with Crippen LogP contribution in [-0.2, 0) is 0 Å². The van der Waals surface area contributed by atoms with Crippen molar-refractivity contribution in [2.75, 3.05) is 0 Å². The van der Waals surface area contributed by atoms with Gasteiger partial charge in [-0.05, 0) is 24.3 Å². The molecular formula is C12H8ClN3S. The lowest BCUT2D eigenvalue weighted by molar-refractivity contribution is 1.30. The van der Waals surface area contributed by atoms with E-state index in [2.05, 4.69) is 15.0 Å². The number of rotatable bonds is 2. The molecule has 0 atom stereocenters. The van der Waals surface area contributed by atoms with Crippen LogP contribution >= 0.6 is 22.9 Å². The molecule has 17 heavy (non-hydrogen) atoms. The van der Waals surface area contributed by atoms with Crippen LogP contribution in [0.15, 0.2) is 42.9 Å². The molecule has 84 valence electrons. The Morgan fingerprint density at radius 2 is 2.12 bits per heavy atom. The Hall–Kier alpha value is -1.65. The van der Waals surface area contributed by atoms with E-state index in [0.717, 1.165) is 26.3 Å². The van der Waals surface area contributed by atoms with Gasteiger partial charge in [0.15, 0.2) is 0 Å². The van der Waals surface area contributed by atoms with Crippen LogP contribution in [0.2, 0.25) is 4.34 Å².